The van der Waals surface area contributed by atoms with Crippen molar-refractivity contribution in [2.45, 2.75) is 52.6 Å². The zero-order valence-corrected chi connectivity index (χ0v) is 22.1. The minimum absolute atomic E-state index is 0.00144. The van der Waals surface area contributed by atoms with Crippen LogP contribution >= 0.6 is 0 Å². The van der Waals surface area contributed by atoms with E-state index in [1.165, 1.54) is 9.30 Å². The van der Waals surface area contributed by atoms with Gasteiger partial charge in [-0.25, -0.2) is 9.97 Å². The van der Waals surface area contributed by atoms with Crippen molar-refractivity contribution in [1.82, 2.24) is 23.8 Å². The number of benzene rings is 2. The number of fused-ring (bicyclic) bond motifs is 3. The van der Waals surface area contributed by atoms with Gasteiger partial charge >= 0.3 is 12.4 Å². The number of pyridine rings is 1. The maximum Gasteiger partial charge on any atom is 0.435 e. The van der Waals surface area contributed by atoms with Gasteiger partial charge in [0.2, 0.25) is 5.78 Å². The third kappa shape index (κ3) is 5.42. The van der Waals surface area contributed by atoms with E-state index >= 15 is 0 Å². The first-order valence-corrected chi connectivity index (χ1v) is 12.7. The Morgan fingerprint density at radius 2 is 1.52 bits per heavy atom. The first-order chi connectivity index (χ1) is 18.8. The number of rotatable bonds is 7. The van der Waals surface area contributed by atoms with Crippen molar-refractivity contribution in [3.8, 4) is 5.69 Å². The molecule has 0 aliphatic carbocycles. The van der Waals surface area contributed by atoms with Crippen LogP contribution in [-0.4, -0.2) is 36.6 Å². The molecule has 0 spiro atoms. The van der Waals surface area contributed by atoms with Gasteiger partial charge in [0, 0.05) is 25.8 Å². The molecule has 0 bridgehead atoms. The molecule has 0 amide bonds. The second-order valence-corrected chi connectivity index (χ2v) is 10.0. The summed E-state index contributed by atoms with van der Waals surface area (Å²) in [6.45, 7) is 4.83. The number of aryl methyl sites for hydroxylation is 3. The number of nitrogens with zero attached hydrogens (tertiary/aromatic N) is 5. The molecule has 0 saturated heterocycles. The molecule has 3 aromatic heterocycles. The molecule has 0 saturated carbocycles. The van der Waals surface area contributed by atoms with Crippen molar-refractivity contribution in [1.29, 1.82) is 0 Å². The van der Waals surface area contributed by atoms with Crippen LogP contribution in [0.3, 0.4) is 0 Å². The zero-order valence-electron chi connectivity index (χ0n) is 22.1. The predicted molar refractivity (Wildman–Crippen MR) is 140 cm³/mol. The molecule has 5 rings (SSSR count). The van der Waals surface area contributed by atoms with Gasteiger partial charge in [-0.2, -0.15) is 26.3 Å². The van der Waals surface area contributed by atoms with E-state index in [2.05, 4.69) is 9.97 Å². The SMILES string of the molecule is Cc1cc(C)c(-n2c3ncccc3n3c(CN(CCC(F)(F)F)Cc4ccccc4)c(C(F)(F)F)nc23)c(C)c1. The number of alkyl halides is 6. The Morgan fingerprint density at radius 3 is 2.15 bits per heavy atom. The minimum atomic E-state index is -4.83. The van der Waals surface area contributed by atoms with Crippen LogP contribution in [0.25, 0.3) is 22.6 Å². The molecule has 5 aromatic rings. The van der Waals surface area contributed by atoms with Crippen LogP contribution in [-0.2, 0) is 19.3 Å². The average Bonchev–Trinajstić information content (AvgIpc) is 3.38. The van der Waals surface area contributed by atoms with Crippen LogP contribution in [0.4, 0.5) is 26.3 Å². The lowest BCUT2D eigenvalue weighted by atomic mass is 10.1. The molecule has 2 aromatic carbocycles. The molecular formula is C29H27F6N5. The topological polar surface area (TPSA) is 38.4 Å². The van der Waals surface area contributed by atoms with E-state index in [0.29, 0.717) is 22.4 Å². The van der Waals surface area contributed by atoms with E-state index in [1.807, 2.05) is 32.9 Å². The van der Waals surface area contributed by atoms with Crippen LogP contribution in [0.2, 0.25) is 0 Å². The summed E-state index contributed by atoms with van der Waals surface area (Å²) in [6.07, 6.45) is -8.91. The highest BCUT2D eigenvalue weighted by molar-refractivity contribution is 5.81. The van der Waals surface area contributed by atoms with E-state index in [-0.39, 0.29) is 18.0 Å². The van der Waals surface area contributed by atoms with Crippen molar-refractivity contribution < 1.29 is 26.3 Å². The lowest BCUT2D eigenvalue weighted by Gasteiger charge is -2.23. The lowest BCUT2D eigenvalue weighted by molar-refractivity contribution is -0.143. The largest absolute Gasteiger partial charge is 0.435 e. The lowest BCUT2D eigenvalue weighted by Crippen LogP contribution is -2.29. The van der Waals surface area contributed by atoms with Gasteiger partial charge in [0.15, 0.2) is 11.3 Å². The second-order valence-electron chi connectivity index (χ2n) is 10.0. The standard InChI is InChI=1S/C29H27F6N5/c1-18-14-19(2)24(20(3)15-18)40-26-22(10-7-12-36-26)39-23(25(29(33,34)35)37-27(39)40)17-38(13-11-28(30,31)32)16-21-8-5-4-6-9-21/h4-10,12,14-15H,11,13,16-17H2,1-3H3. The Hall–Kier alpha value is -3.86. The van der Waals surface area contributed by atoms with Crippen molar-refractivity contribution in [3.63, 3.8) is 0 Å². The summed E-state index contributed by atoms with van der Waals surface area (Å²) >= 11 is 0. The van der Waals surface area contributed by atoms with Crippen LogP contribution < -0.4 is 0 Å². The summed E-state index contributed by atoms with van der Waals surface area (Å²) in [5, 5.41) is 0. The summed E-state index contributed by atoms with van der Waals surface area (Å²) < 4.78 is 86.0. The van der Waals surface area contributed by atoms with Crippen LogP contribution in [0, 0.1) is 20.8 Å². The Bertz CT molecular complexity index is 1640. The summed E-state index contributed by atoms with van der Waals surface area (Å²) in [7, 11) is 0. The molecule has 40 heavy (non-hydrogen) atoms. The summed E-state index contributed by atoms with van der Waals surface area (Å²) in [5.74, 6) is 0.00144. The number of hydrogen-bond donors (Lipinski definition) is 0. The van der Waals surface area contributed by atoms with Crippen molar-refractivity contribution >= 4 is 16.9 Å². The third-order valence-electron chi connectivity index (χ3n) is 6.84. The van der Waals surface area contributed by atoms with Gasteiger partial charge in [0.25, 0.3) is 0 Å². The van der Waals surface area contributed by atoms with Crippen molar-refractivity contribution in [3.05, 3.63) is 94.4 Å². The monoisotopic (exact) mass is 559 g/mol. The number of imidazole rings is 2. The molecule has 5 nitrogen and oxygen atoms in total. The maximum atomic E-state index is 14.5. The third-order valence-corrected chi connectivity index (χ3v) is 6.84. The van der Waals surface area contributed by atoms with Crippen molar-refractivity contribution in [2.24, 2.45) is 0 Å². The second kappa shape index (κ2) is 10.3. The van der Waals surface area contributed by atoms with E-state index in [4.69, 9.17) is 0 Å². The summed E-state index contributed by atoms with van der Waals surface area (Å²) in [6, 6.07) is 15.8. The van der Waals surface area contributed by atoms with Gasteiger partial charge in [0.1, 0.15) is 0 Å². The molecule has 0 aliphatic heterocycles. The van der Waals surface area contributed by atoms with E-state index in [9.17, 15) is 26.3 Å². The molecule has 0 atom stereocenters. The highest BCUT2D eigenvalue weighted by atomic mass is 19.4. The fourth-order valence-corrected chi connectivity index (χ4v) is 5.33. The summed E-state index contributed by atoms with van der Waals surface area (Å²) in [5.41, 5.74) is 3.43. The number of halogens is 6. The zero-order chi connectivity index (χ0) is 28.8. The fraction of sp³-hybridized carbons (Fsp3) is 0.310. The molecule has 11 heteroatoms. The van der Waals surface area contributed by atoms with Gasteiger partial charge in [-0.3, -0.25) is 13.9 Å². The van der Waals surface area contributed by atoms with Gasteiger partial charge in [-0.1, -0.05) is 48.0 Å². The van der Waals surface area contributed by atoms with Crippen LogP contribution in [0.15, 0.2) is 60.8 Å². The molecule has 0 N–H and O–H groups in total. The van der Waals surface area contributed by atoms with Gasteiger partial charge in [-0.15, -0.1) is 0 Å². The highest BCUT2D eigenvalue weighted by Gasteiger charge is 2.40. The van der Waals surface area contributed by atoms with Crippen molar-refractivity contribution in [2.75, 3.05) is 6.54 Å². The number of hydrogen-bond acceptors (Lipinski definition) is 3. The average molecular weight is 560 g/mol. The molecule has 0 unspecified atom stereocenters. The Morgan fingerprint density at radius 1 is 0.850 bits per heavy atom. The van der Waals surface area contributed by atoms with Crippen LogP contribution in [0.5, 0.6) is 0 Å². The van der Waals surface area contributed by atoms with Gasteiger partial charge < -0.3 is 0 Å². The Balaban J connectivity index is 1.74. The summed E-state index contributed by atoms with van der Waals surface area (Å²) in [4.78, 5) is 9.94. The first-order valence-electron chi connectivity index (χ1n) is 12.7. The maximum absolute atomic E-state index is 14.5. The predicted octanol–water partition coefficient (Wildman–Crippen LogP) is 7.57. The van der Waals surface area contributed by atoms with Crippen LogP contribution in [0.1, 0.15) is 40.1 Å². The highest BCUT2D eigenvalue weighted by Crippen LogP contribution is 2.37. The first kappa shape index (κ1) is 27.7. The number of aromatic nitrogens is 4. The smallest absolute Gasteiger partial charge is 0.293 e. The quantitative estimate of drug-likeness (QED) is 0.193. The minimum Gasteiger partial charge on any atom is -0.293 e. The molecule has 0 aliphatic rings. The Kier molecular flexibility index (Phi) is 7.11. The molecule has 210 valence electrons. The Labute approximate surface area is 226 Å². The van der Waals surface area contributed by atoms with E-state index < -0.39 is 37.6 Å². The van der Waals surface area contributed by atoms with Gasteiger partial charge in [-0.05, 0) is 49.6 Å². The van der Waals surface area contributed by atoms with E-state index in [1.54, 1.807) is 53.2 Å². The molecule has 0 radical (unpaired) electrons. The normalized spacial score (nSPS) is 12.8. The molecular weight excluding hydrogens is 532 g/mol. The molecule has 0 fully saturated rings. The van der Waals surface area contributed by atoms with E-state index in [0.717, 1.165) is 16.7 Å². The fourth-order valence-electron chi connectivity index (χ4n) is 5.33. The van der Waals surface area contributed by atoms with Gasteiger partial charge in [0.05, 0.1) is 23.3 Å². The molecule has 3 heterocycles.